The molecule has 1 saturated heterocycles. The average molecular weight is 622 g/mol. The Balaban J connectivity index is 0.817. The first-order valence-electron chi connectivity index (χ1n) is 16.8. The van der Waals surface area contributed by atoms with Gasteiger partial charge in [0.1, 0.15) is 23.7 Å². The van der Waals surface area contributed by atoms with Crippen LogP contribution in [-0.4, -0.2) is 52.9 Å². The van der Waals surface area contributed by atoms with Gasteiger partial charge in [0.25, 0.3) is 0 Å². The molecule has 0 N–H and O–H groups in total. The van der Waals surface area contributed by atoms with E-state index in [2.05, 4.69) is 51.9 Å². The van der Waals surface area contributed by atoms with Crippen molar-refractivity contribution in [2.75, 3.05) is 19.8 Å². The van der Waals surface area contributed by atoms with Crippen LogP contribution in [0.15, 0.2) is 79.3 Å². The Morgan fingerprint density at radius 3 is 2.48 bits per heavy atom. The number of fused-ring (bicyclic) bond motifs is 3. The SMILES string of the molecule is Cn1c2ccncc2c2ccc(-c3ccc(O[C@H]4C[C@H](Oc5cccc(OCCCCCCOC6CCCCO6)c5)C4)nc3)cc21. The predicted molar refractivity (Wildman–Crippen MR) is 179 cm³/mol. The summed E-state index contributed by atoms with van der Waals surface area (Å²) in [4.78, 5) is 8.92. The summed E-state index contributed by atoms with van der Waals surface area (Å²) in [6.45, 7) is 2.32. The topological polar surface area (TPSA) is 76.9 Å². The van der Waals surface area contributed by atoms with Crippen LogP contribution in [0.2, 0.25) is 0 Å². The standard InChI is InChI=1S/C38H43N3O5/c1-41-35-16-17-39-26-34(35)33-14-12-27(21-36(33)41)28-13-15-37(40-25-28)46-32-23-31(24-32)45-30-10-8-9-29(22-30)42-18-5-2-3-6-19-43-38-11-4-7-20-44-38/h8-10,12-17,21-22,25-26,31-32,38H,2-7,11,18-20,23-24H2,1H3/t31-,32-,38?. The van der Waals surface area contributed by atoms with E-state index in [-0.39, 0.29) is 18.5 Å². The second-order valence-corrected chi connectivity index (χ2v) is 12.4. The number of aromatic nitrogens is 3. The molecule has 1 saturated carbocycles. The fraction of sp³-hybridized carbons (Fsp3) is 0.421. The summed E-state index contributed by atoms with van der Waals surface area (Å²) in [6.07, 6.45) is 15.3. The molecule has 0 amide bonds. The largest absolute Gasteiger partial charge is 0.493 e. The van der Waals surface area contributed by atoms with Gasteiger partial charge in [0.2, 0.25) is 5.88 Å². The lowest BCUT2D eigenvalue weighted by Crippen LogP contribution is -2.41. The van der Waals surface area contributed by atoms with E-state index in [1.807, 2.05) is 48.9 Å². The molecule has 0 radical (unpaired) electrons. The normalized spacial score (nSPS) is 19.6. The zero-order valence-corrected chi connectivity index (χ0v) is 26.6. The highest BCUT2D eigenvalue weighted by molar-refractivity contribution is 6.08. The van der Waals surface area contributed by atoms with E-state index in [1.165, 1.54) is 28.2 Å². The van der Waals surface area contributed by atoms with Crippen LogP contribution in [0.3, 0.4) is 0 Å². The summed E-state index contributed by atoms with van der Waals surface area (Å²) in [7, 11) is 2.10. The minimum Gasteiger partial charge on any atom is -0.493 e. The van der Waals surface area contributed by atoms with Gasteiger partial charge in [-0.05, 0) is 74.4 Å². The van der Waals surface area contributed by atoms with Crippen LogP contribution in [-0.2, 0) is 16.5 Å². The van der Waals surface area contributed by atoms with Crippen molar-refractivity contribution < 1.29 is 23.7 Å². The van der Waals surface area contributed by atoms with Crippen molar-refractivity contribution >= 4 is 21.8 Å². The van der Waals surface area contributed by atoms with Gasteiger partial charge in [-0.3, -0.25) is 4.98 Å². The van der Waals surface area contributed by atoms with Crippen molar-refractivity contribution in [3.63, 3.8) is 0 Å². The summed E-state index contributed by atoms with van der Waals surface area (Å²) < 4.78 is 32.0. The van der Waals surface area contributed by atoms with Gasteiger partial charge in [-0.2, -0.15) is 0 Å². The number of ether oxygens (including phenoxy) is 5. The summed E-state index contributed by atoms with van der Waals surface area (Å²) in [5.41, 5.74) is 4.54. The third-order valence-corrected chi connectivity index (χ3v) is 9.07. The predicted octanol–water partition coefficient (Wildman–Crippen LogP) is 8.26. The van der Waals surface area contributed by atoms with Gasteiger partial charge in [0, 0.05) is 85.7 Å². The molecule has 0 spiro atoms. The molecule has 2 aromatic carbocycles. The van der Waals surface area contributed by atoms with Crippen molar-refractivity contribution in [2.45, 2.75) is 76.3 Å². The molecular formula is C38H43N3O5. The van der Waals surface area contributed by atoms with E-state index in [1.54, 1.807) is 0 Å². The molecule has 3 aromatic heterocycles. The maximum absolute atomic E-state index is 6.21. The molecule has 7 rings (SSSR count). The number of aryl methyl sites for hydroxylation is 1. The van der Waals surface area contributed by atoms with Crippen LogP contribution in [0.5, 0.6) is 17.4 Å². The quantitative estimate of drug-likeness (QED) is 0.116. The molecule has 1 unspecified atom stereocenters. The Labute approximate surface area is 270 Å². The molecule has 1 atom stereocenters. The highest BCUT2D eigenvalue weighted by Gasteiger charge is 2.33. The molecule has 8 heteroatoms. The fourth-order valence-corrected chi connectivity index (χ4v) is 6.37. The summed E-state index contributed by atoms with van der Waals surface area (Å²) in [5.74, 6) is 2.33. The number of rotatable bonds is 14. The second kappa shape index (κ2) is 14.5. The molecule has 8 nitrogen and oxygen atoms in total. The monoisotopic (exact) mass is 621 g/mol. The lowest BCUT2D eigenvalue weighted by molar-refractivity contribution is -0.162. The molecule has 1 aliphatic heterocycles. The van der Waals surface area contributed by atoms with Gasteiger partial charge >= 0.3 is 0 Å². The van der Waals surface area contributed by atoms with Crippen LogP contribution in [0.4, 0.5) is 0 Å². The maximum Gasteiger partial charge on any atom is 0.213 e. The maximum atomic E-state index is 6.21. The molecule has 2 fully saturated rings. The average Bonchev–Trinajstić information content (AvgIpc) is 3.37. The van der Waals surface area contributed by atoms with Crippen molar-refractivity contribution in [1.29, 1.82) is 0 Å². The minimum absolute atomic E-state index is 0.0159. The lowest BCUT2D eigenvalue weighted by Gasteiger charge is -2.35. The summed E-state index contributed by atoms with van der Waals surface area (Å²) in [6, 6.07) is 20.6. The smallest absolute Gasteiger partial charge is 0.213 e. The van der Waals surface area contributed by atoms with Gasteiger partial charge < -0.3 is 28.3 Å². The Bertz CT molecular complexity index is 1720. The third kappa shape index (κ3) is 7.29. The Hall–Kier alpha value is -4.14. The van der Waals surface area contributed by atoms with Gasteiger partial charge in [0.15, 0.2) is 6.29 Å². The number of hydrogen-bond donors (Lipinski definition) is 0. The molecule has 2 aliphatic rings. The number of hydrogen-bond acceptors (Lipinski definition) is 7. The lowest BCUT2D eigenvalue weighted by atomic mass is 9.92. The molecule has 4 heterocycles. The first kappa shape index (κ1) is 30.5. The molecule has 0 bridgehead atoms. The number of pyridine rings is 2. The van der Waals surface area contributed by atoms with E-state index < -0.39 is 0 Å². The molecule has 240 valence electrons. The first-order valence-corrected chi connectivity index (χ1v) is 16.8. The Morgan fingerprint density at radius 1 is 0.783 bits per heavy atom. The van der Waals surface area contributed by atoms with Crippen LogP contribution in [0.1, 0.15) is 57.8 Å². The van der Waals surface area contributed by atoms with Gasteiger partial charge in [-0.15, -0.1) is 0 Å². The number of unbranched alkanes of at least 4 members (excludes halogenated alkanes) is 3. The second-order valence-electron chi connectivity index (χ2n) is 12.4. The minimum atomic E-state index is 0.0159. The molecule has 1 aliphatic carbocycles. The third-order valence-electron chi connectivity index (χ3n) is 9.07. The molecule has 46 heavy (non-hydrogen) atoms. The highest BCUT2D eigenvalue weighted by Crippen LogP contribution is 2.33. The zero-order chi connectivity index (χ0) is 31.1. The van der Waals surface area contributed by atoms with Crippen LogP contribution in [0, 0.1) is 0 Å². The highest BCUT2D eigenvalue weighted by atomic mass is 16.7. The van der Waals surface area contributed by atoms with Gasteiger partial charge in [0.05, 0.1) is 12.1 Å². The van der Waals surface area contributed by atoms with Crippen molar-refractivity contribution in [3.05, 3.63) is 79.3 Å². The fourth-order valence-electron chi connectivity index (χ4n) is 6.37. The molecular weight excluding hydrogens is 578 g/mol. The van der Waals surface area contributed by atoms with Crippen LogP contribution in [0.25, 0.3) is 32.9 Å². The van der Waals surface area contributed by atoms with Crippen molar-refractivity contribution in [1.82, 2.24) is 14.5 Å². The Kier molecular flexibility index (Phi) is 9.63. The van der Waals surface area contributed by atoms with Gasteiger partial charge in [-0.25, -0.2) is 4.98 Å². The van der Waals surface area contributed by atoms with Crippen LogP contribution < -0.4 is 14.2 Å². The zero-order valence-electron chi connectivity index (χ0n) is 26.6. The Morgan fingerprint density at radius 2 is 1.63 bits per heavy atom. The molecule has 5 aromatic rings. The van der Waals surface area contributed by atoms with Crippen LogP contribution >= 0.6 is 0 Å². The van der Waals surface area contributed by atoms with E-state index in [9.17, 15) is 0 Å². The van der Waals surface area contributed by atoms with E-state index in [0.717, 1.165) is 87.2 Å². The van der Waals surface area contributed by atoms with Crippen molar-refractivity contribution in [2.24, 2.45) is 7.05 Å². The van der Waals surface area contributed by atoms with Gasteiger partial charge in [-0.1, -0.05) is 24.6 Å². The van der Waals surface area contributed by atoms with E-state index in [0.29, 0.717) is 12.5 Å². The van der Waals surface area contributed by atoms with Crippen molar-refractivity contribution in [3.8, 4) is 28.5 Å². The summed E-state index contributed by atoms with van der Waals surface area (Å²) in [5, 5.41) is 2.37. The number of nitrogens with zero attached hydrogens (tertiary/aromatic N) is 3. The van der Waals surface area contributed by atoms with E-state index in [4.69, 9.17) is 23.7 Å². The van der Waals surface area contributed by atoms with E-state index >= 15 is 0 Å². The number of benzene rings is 2. The first-order chi connectivity index (χ1) is 22.7. The summed E-state index contributed by atoms with van der Waals surface area (Å²) >= 11 is 0.